The van der Waals surface area contributed by atoms with Crippen molar-refractivity contribution in [2.45, 2.75) is 13.3 Å². The molecular formula is C33H68O16. The minimum absolute atomic E-state index is 0.0236. The monoisotopic (exact) mass is 720 g/mol. The van der Waals surface area contributed by atoms with E-state index in [1.54, 1.807) is 0 Å². The maximum Gasteiger partial charge on any atom is 0.0701 e. The minimum atomic E-state index is 0.0236. The summed E-state index contributed by atoms with van der Waals surface area (Å²) in [6.07, 6.45) is 1.02. The summed E-state index contributed by atoms with van der Waals surface area (Å²) in [4.78, 5) is 0. The van der Waals surface area contributed by atoms with Crippen molar-refractivity contribution >= 4 is 0 Å². The number of aliphatic hydroxyl groups excluding tert-OH is 1. The zero-order chi connectivity index (χ0) is 35.2. The van der Waals surface area contributed by atoms with Crippen LogP contribution in [0.15, 0.2) is 0 Å². The maximum atomic E-state index is 8.58. The molecule has 16 nitrogen and oxygen atoms in total. The van der Waals surface area contributed by atoms with Crippen molar-refractivity contribution in [3.8, 4) is 0 Å². The molecule has 0 aromatic rings. The van der Waals surface area contributed by atoms with Crippen LogP contribution in [0.4, 0.5) is 0 Å². The van der Waals surface area contributed by atoms with Crippen LogP contribution in [0.25, 0.3) is 0 Å². The van der Waals surface area contributed by atoms with E-state index in [0.717, 1.165) is 13.0 Å². The second-order valence-electron chi connectivity index (χ2n) is 9.91. The van der Waals surface area contributed by atoms with Crippen LogP contribution in [0, 0.1) is 0 Å². The van der Waals surface area contributed by atoms with E-state index in [4.69, 9.17) is 76.2 Å². The number of aliphatic hydroxyl groups is 1. The molecule has 296 valence electrons. The Balaban J connectivity index is 3.04. The molecule has 0 aliphatic rings. The van der Waals surface area contributed by atoms with Crippen molar-refractivity contribution in [2.24, 2.45) is 0 Å². The standard InChI is InChI=1S/C33H68O16/c1-2-4-35-6-8-37-10-12-39-14-16-41-18-20-43-22-24-45-26-28-47-30-32-49-33-31-48-29-27-46-25-23-44-21-19-42-17-15-40-13-11-38-9-7-36-5-3-34/h34H,2-33H2,1H3. The van der Waals surface area contributed by atoms with Gasteiger partial charge in [0.1, 0.15) is 0 Å². The lowest BCUT2D eigenvalue weighted by Gasteiger charge is -2.09. The molecule has 16 heteroatoms. The fourth-order valence-corrected chi connectivity index (χ4v) is 3.39. The Labute approximate surface area is 294 Å². The normalized spacial score (nSPS) is 11.6. The van der Waals surface area contributed by atoms with Crippen molar-refractivity contribution in [1.29, 1.82) is 0 Å². The van der Waals surface area contributed by atoms with Crippen molar-refractivity contribution in [3.63, 3.8) is 0 Å². The number of hydrogen-bond donors (Lipinski definition) is 1. The third kappa shape index (κ3) is 47.4. The molecule has 0 amide bonds. The molecule has 0 rings (SSSR count). The highest BCUT2D eigenvalue weighted by Crippen LogP contribution is 1.88. The average molecular weight is 721 g/mol. The second kappa shape index (κ2) is 47.4. The molecule has 0 aromatic carbocycles. The van der Waals surface area contributed by atoms with E-state index in [-0.39, 0.29) is 6.61 Å². The first-order chi connectivity index (χ1) is 24.4. The van der Waals surface area contributed by atoms with E-state index < -0.39 is 0 Å². The van der Waals surface area contributed by atoms with E-state index in [2.05, 4.69) is 6.92 Å². The Bertz CT molecular complexity index is 521. The van der Waals surface area contributed by atoms with Gasteiger partial charge in [-0.1, -0.05) is 6.92 Å². The zero-order valence-corrected chi connectivity index (χ0v) is 30.2. The highest BCUT2D eigenvalue weighted by Gasteiger charge is 1.97. The second-order valence-corrected chi connectivity index (χ2v) is 9.91. The Morgan fingerprint density at radius 2 is 0.327 bits per heavy atom. The van der Waals surface area contributed by atoms with Crippen LogP contribution in [-0.4, -0.2) is 210 Å². The Hall–Kier alpha value is -0.640. The molecule has 0 unspecified atom stereocenters. The summed E-state index contributed by atoms with van der Waals surface area (Å²) >= 11 is 0. The average Bonchev–Trinajstić information content (AvgIpc) is 3.11. The van der Waals surface area contributed by atoms with Gasteiger partial charge in [-0.2, -0.15) is 0 Å². The largest absolute Gasteiger partial charge is 0.394 e. The van der Waals surface area contributed by atoms with Crippen molar-refractivity contribution in [2.75, 3.05) is 205 Å². The lowest BCUT2D eigenvalue weighted by molar-refractivity contribution is -0.0301. The van der Waals surface area contributed by atoms with Gasteiger partial charge in [0.25, 0.3) is 0 Å². The van der Waals surface area contributed by atoms with Gasteiger partial charge < -0.3 is 76.2 Å². The summed E-state index contributed by atoms with van der Waals surface area (Å²) in [6, 6.07) is 0. The summed E-state index contributed by atoms with van der Waals surface area (Å²) in [5.74, 6) is 0. The van der Waals surface area contributed by atoms with Crippen LogP contribution in [0.2, 0.25) is 0 Å². The summed E-state index contributed by atoms with van der Waals surface area (Å²) < 4.78 is 81.2. The Morgan fingerprint density at radius 3 is 0.449 bits per heavy atom. The third-order valence-electron chi connectivity index (χ3n) is 5.79. The predicted octanol–water partition coefficient (Wildman–Crippen LogP) is 0.638. The van der Waals surface area contributed by atoms with Gasteiger partial charge in [0, 0.05) is 6.61 Å². The lowest BCUT2D eigenvalue weighted by Crippen LogP contribution is -2.15. The molecule has 0 atom stereocenters. The van der Waals surface area contributed by atoms with Gasteiger partial charge in [-0.25, -0.2) is 0 Å². The van der Waals surface area contributed by atoms with Crippen LogP contribution < -0.4 is 0 Å². The molecule has 0 aliphatic carbocycles. The fourth-order valence-electron chi connectivity index (χ4n) is 3.39. The molecule has 49 heavy (non-hydrogen) atoms. The van der Waals surface area contributed by atoms with E-state index in [1.165, 1.54) is 0 Å². The quantitative estimate of drug-likeness (QED) is 0.0873. The van der Waals surface area contributed by atoms with Crippen LogP contribution >= 0.6 is 0 Å². The first-order valence-electron chi connectivity index (χ1n) is 17.7. The molecule has 0 bridgehead atoms. The molecule has 0 saturated heterocycles. The summed E-state index contributed by atoms with van der Waals surface area (Å²) in [6.45, 7) is 17.7. The Morgan fingerprint density at radius 1 is 0.204 bits per heavy atom. The van der Waals surface area contributed by atoms with Gasteiger partial charge in [0.2, 0.25) is 0 Å². The van der Waals surface area contributed by atoms with E-state index >= 15 is 0 Å². The van der Waals surface area contributed by atoms with Crippen LogP contribution in [0.1, 0.15) is 13.3 Å². The first kappa shape index (κ1) is 48.4. The highest BCUT2D eigenvalue weighted by atomic mass is 16.6. The minimum Gasteiger partial charge on any atom is -0.394 e. The van der Waals surface area contributed by atoms with Crippen molar-refractivity contribution in [1.82, 2.24) is 0 Å². The van der Waals surface area contributed by atoms with Gasteiger partial charge in [0.05, 0.1) is 198 Å². The van der Waals surface area contributed by atoms with Gasteiger partial charge in [-0.05, 0) is 6.42 Å². The van der Waals surface area contributed by atoms with Gasteiger partial charge in [-0.15, -0.1) is 0 Å². The molecular weight excluding hydrogens is 652 g/mol. The molecule has 0 spiro atoms. The molecule has 0 saturated carbocycles. The maximum absolute atomic E-state index is 8.58. The van der Waals surface area contributed by atoms with Gasteiger partial charge in [0.15, 0.2) is 0 Å². The lowest BCUT2D eigenvalue weighted by atomic mass is 10.5. The smallest absolute Gasteiger partial charge is 0.0701 e. The number of ether oxygens (including phenoxy) is 15. The predicted molar refractivity (Wildman–Crippen MR) is 180 cm³/mol. The van der Waals surface area contributed by atoms with E-state index in [0.29, 0.717) is 192 Å². The van der Waals surface area contributed by atoms with E-state index in [1.807, 2.05) is 0 Å². The Kier molecular flexibility index (Phi) is 46.7. The van der Waals surface area contributed by atoms with Gasteiger partial charge in [-0.3, -0.25) is 0 Å². The molecule has 0 fully saturated rings. The molecule has 0 radical (unpaired) electrons. The van der Waals surface area contributed by atoms with Gasteiger partial charge >= 0.3 is 0 Å². The summed E-state index contributed by atoms with van der Waals surface area (Å²) in [5, 5.41) is 8.58. The summed E-state index contributed by atoms with van der Waals surface area (Å²) in [5.41, 5.74) is 0. The van der Waals surface area contributed by atoms with Crippen molar-refractivity contribution in [3.05, 3.63) is 0 Å². The van der Waals surface area contributed by atoms with Crippen LogP contribution in [0.5, 0.6) is 0 Å². The molecule has 0 aromatic heterocycles. The molecule has 1 N–H and O–H groups in total. The van der Waals surface area contributed by atoms with Crippen molar-refractivity contribution < 1.29 is 76.2 Å². The molecule has 0 heterocycles. The topological polar surface area (TPSA) is 159 Å². The van der Waals surface area contributed by atoms with E-state index in [9.17, 15) is 0 Å². The first-order valence-corrected chi connectivity index (χ1v) is 17.7. The SMILES string of the molecule is CCCOCCOCCOCCOCCOCCOCCOCCOCCOCCOCCOCCOCCOCCOCCOCCO. The van der Waals surface area contributed by atoms with Crippen LogP contribution in [-0.2, 0) is 71.1 Å². The van der Waals surface area contributed by atoms with Crippen LogP contribution in [0.3, 0.4) is 0 Å². The molecule has 0 aliphatic heterocycles. The fraction of sp³-hybridized carbons (Fsp3) is 1.00. The zero-order valence-electron chi connectivity index (χ0n) is 30.2. The summed E-state index contributed by atoms with van der Waals surface area (Å²) in [7, 11) is 0. The number of rotatable bonds is 46. The number of hydrogen-bond acceptors (Lipinski definition) is 16. The third-order valence-corrected chi connectivity index (χ3v) is 5.79. The highest BCUT2D eigenvalue weighted by molar-refractivity contribution is 4.40.